The summed E-state index contributed by atoms with van der Waals surface area (Å²) in [4.78, 5) is 4.51. The van der Waals surface area contributed by atoms with E-state index in [1.807, 2.05) is 0 Å². The molecule has 0 bridgehead atoms. The van der Waals surface area contributed by atoms with Crippen LogP contribution in [0.3, 0.4) is 0 Å². The number of hydrogen-bond donors (Lipinski definition) is 0. The van der Waals surface area contributed by atoms with Crippen molar-refractivity contribution in [2.75, 3.05) is 0 Å². The average Bonchev–Trinajstić information content (AvgIpc) is 3.45. The molecule has 3 aromatic heterocycles. The lowest BCUT2D eigenvalue weighted by atomic mass is 9.81. The highest BCUT2D eigenvalue weighted by atomic mass is 16.3. The van der Waals surface area contributed by atoms with E-state index in [9.17, 15) is 0 Å². The number of hydrogen-bond acceptors (Lipinski definition) is 2. The maximum Gasteiger partial charge on any atom is 0.227 e. The predicted octanol–water partition coefficient (Wildman–Crippen LogP) is 7.21. The van der Waals surface area contributed by atoms with Gasteiger partial charge in [0.1, 0.15) is 7.05 Å². The molecule has 0 saturated heterocycles. The Morgan fingerprint density at radius 1 is 1.09 bits per heavy atom. The Hall–Kier alpha value is -3.46. The fourth-order valence-corrected chi connectivity index (χ4v) is 4.97. The molecule has 0 N–H and O–H groups in total. The highest BCUT2D eigenvalue weighted by Crippen LogP contribution is 2.52. The Bertz CT molecular complexity index is 2020. The van der Waals surface area contributed by atoms with Crippen LogP contribution in [0.15, 0.2) is 65.3 Å². The van der Waals surface area contributed by atoms with Crippen molar-refractivity contribution in [1.29, 1.82) is 0 Å². The Kier molecular flexibility index (Phi) is 2.18. The van der Waals surface area contributed by atoms with Gasteiger partial charge in [-0.3, -0.25) is 0 Å². The normalized spacial score (nSPS) is 21.9. The predicted molar refractivity (Wildman–Crippen MR) is 135 cm³/mol. The molecule has 6 rings (SSSR count). The van der Waals surface area contributed by atoms with E-state index in [0.717, 1.165) is 0 Å². The van der Waals surface area contributed by atoms with Crippen LogP contribution >= 0.6 is 0 Å². The molecule has 0 unspecified atom stereocenters. The summed E-state index contributed by atoms with van der Waals surface area (Å²) in [5.41, 5.74) is -0.0815. The Balaban J connectivity index is 1.74. The topological polar surface area (TPSA) is 29.9 Å². The zero-order chi connectivity index (χ0) is 34.0. The molecular weight excluding hydrogens is 404 g/mol. The highest BCUT2D eigenvalue weighted by Gasteiger charge is 2.38. The molecule has 0 fully saturated rings. The third kappa shape index (κ3) is 2.68. The van der Waals surface area contributed by atoms with Gasteiger partial charge in [-0.05, 0) is 40.6 Å². The molecule has 3 heteroatoms. The number of nitrogens with zero attached hydrogens (tertiary/aromatic N) is 2. The van der Waals surface area contributed by atoms with Crippen molar-refractivity contribution in [3.05, 3.63) is 83.2 Å². The van der Waals surface area contributed by atoms with Gasteiger partial charge in [-0.1, -0.05) is 63.8 Å². The van der Waals surface area contributed by atoms with Crippen LogP contribution in [0.2, 0.25) is 0 Å². The largest absolute Gasteiger partial charge is 0.437 e. The van der Waals surface area contributed by atoms with E-state index in [-0.39, 0.29) is 33.4 Å². The van der Waals surface area contributed by atoms with Crippen molar-refractivity contribution in [2.24, 2.45) is 7.05 Å². The lowest BCUT2D eigenvalue weighted by Gasteiger charge is -2.22. The first-order valence-corrected chi connectivity index (χ1v) is 10.5. The lowest BCUT2D eigenvalue weighted by Crippen LogP contribution is -2.31. The van der Waals surface area contributed by atoms with Gasteiger partial charge in [0.25, 0.3) is 0 Å². The van der Waals surface area contributed by atoms with Crippen molar-refractivity contribution in [1.82, 2.24) is 4.98 Å². The Morgan fingerprint density at radius 3 is 2.76 bits per heavy atom. The first-order valence-electron chi connectivity index (χ1n) is 17.0. The number of aromatic nitrogens is 2. The Morgan fingerprint density at radius 2 is 1.94 bits per heavy atom. The number of furan rings is 1. The van der Waals surface area contributed by atoms with Gasteiger partial charge < -0.3 is 4.42 Å². The van der Waals surface area contributed by atoms with Gasteiger partial charge in [0.2, 0.25) is 11.4 Å². The molecule has 1 aliphatic carbocycles. The summed E-state index contributed by atoms with van der Waals surface area (Å²) in [5.74, 6) is -2.95. The summed E-state index contributed by atoms with van der Waals surface area (Å²) in [6.07, 6.45) is 2.89. The molecule has 164 valence electrons. The standard InChI is InChI=1S/C30H29N2O/c1-17(2)19-13-14-32(6)24(15-19)25-18(3)11-12-21-26-27-22(16-31-29(26)33-28(21)25)20-9-7-8-10-23(20)30(27,4)5/h7-17H,1-6H3/q+1/i1D3,2D3,4D3,5D3,17D. The molecule has 3 nitrogen and oxygen atoms in total. The van der Waals surface area contributed by atoms with Crippen LogP contribution in [-0.2, 0) is 12.5 Å². The lowest BCUT2D eigenvalue weighted by molar-refractivity contribution is -0.660. The fraction of sp³-hybridized carbons (Fsp3) is 0.267. The van der Waals surface area contributed by atoms with E-state index < -0.39 is 38.7 Å². The maximum absolute atomic E-state index is 8.73. The SMILES string of the molecule is [2H]C([2H])([2H])C([2H])(c1cc[n+](C)c(-c2c(C)ccc3c2oc2ncc4c(c23)C(C([2H])([2H])[2H])(C([2H])([2H])[2H])c2ccccc2-4)c1)C([2H])([2H])[2H]. The van der Waals surface area contributed by atoms with Gasteiger partial charge in [-0.25, -0.2) is 9.55 Å². The van der Waals surface area contributed by atoms with Crippen LogP contribution in [0.1, 0.15) is 73.4 Å². The molecule has 0 amide bonds. The first kappa shape index (κ1) is 10.6. The average molecular weight is 447 g/mol. The molecule has 1 aliphatic rings. The molecule has 0 radical (unpaired) electrons. The van der Waals surface area contributed by atoms with E-state index in [1.165, 1.54) is 30.6 Å². The second-order valence-corrected chi connectivity index (χ2v) is 8.55. The summed E-state index contributed by atoms with van der Waals surface area (Å²) in [6.45, 7) is -10.7. The van der Waals surface area contributed by atoms with E-state index in [2.05, 4.69) is 4.98 Å². The van der Waals surface area contributed by atoms with Crippen LogP contribution in [-0.4, -0.2) is 4.98 Å². The molecule has 5 aromatic rings. The Labute approximate surface area is 213 Å². The van der Waals surface area contributed by atoms with Gasteiger partial charge in [0, 0.05) is 52.5 Å². The summed E-state index contributed by atoms with van der Waals surface area (Å²) in [6, 6.07) is 12.6. The van der Waals surface area contributed by atoms with E-state index in [4.69, 9.17) is 22.2 Å². The van der Waals surface area contributed by atoms with Gasteiger partial charge in [0.15, 0.2) is 11.8 Å². The van der Waals surface area contributed by atoms with Gasteiger partial charge in [-0.15, -0.1) is 0 Å². The summed E-state index contributed by atoms with van der Waals surface area (Å²) in [5, 5.41) is 0.593. The zero-order valence-electron chi connectivity index (χ0n) is 31.1. The molecule has 0 spiro atoms. The molecule has 0 atom stereocenters. The van der Waals surface area contributed by atoms with Crippen molar-refractivity contribution in [2.45, 2.75) is 45.6 Å². The van der Waals surface area contributed by atoms with Gasteiger partial charge in [-0.2, -0.15) is 0 Å². The van der Waals surface area contributed by atoms with E-state index in [0.29, 0.717) is 33.3 Å². The monoisotopic (exact) mass is 446 g/mol. The summed E-state index contributed by atoms with van der Waals surface area (Å²) < 4.78 is 117. The highest BCUT2D eigenvalue weighted by molar-refractivity contribution is 6.13. The van der Waals surface area contributed by atoms with Crippen LogP contribution in [0.5, 0.6) is 0 Å². The second-order valence-electron chi connectivity index (χ2n) is 8.55. The van der Waals surface area contributed by atoms with Crippen LogP contribution in [0, 0.1) is 6.92 Å². The number of aryl methyl sites for hydroxylation is 2. The minimum atomic E-state index is -3.21. The van der Waals surface area contributed by atoms with Crippen LogP contribution < -0.4 is 4.57 Å². The van der Waals surface area contributed by atoms with Crippen LogP contribution in [0.4, 0.5) is 0 Å². The first-order chi connectivity index (χ1) is 21.1. The minimum absolute atomic E-state index is 0.00455. The van der Waals surface area contributed by atoms with Gasteiger partial charge >= 0.3 is 0 Å². The molecule has 33 heavy (non-hydrogen) atoms. The van der Waals surface area contributed by atoms with Crippen molar-refractivity contribution >= 4 is 22.1 Å². The number of benzene rings is 2. The van der Waals surface area contributed by atoms with Crippen molar-refractivity contribution < 1.29 is 26.8 Å². The number of rotatable bonds is 2. The fourth-order valence-electron chi connectivity index (χ4n) is 4.97. The van der Waals surface area contributed by atoms with E-state index in [1.54, 1.807) is 48.9 Å². The molecule has 3 heterocycles. The summed E-state index contributed by atoms with van der Waals surface area (Å²) >= 11 is 0. The number of pyridine rings is 2. The third-order valence-electron chi connectivity index (χ3n) is 6.57. The van der Waals surface area contributed by atoms with Crippen molar-refractivity contribution in [3.8, 4) is 22.4 Å². The molecule has 2 aromatic carbocycles. The third-order valence-corrected chi connectivity index (χ3v) is 6.57. The zero-order valence-corrected chi connectivity index (χ0v) is 18.1. The number of fused-ring (bicyclic) bond motifs is 7. The minimum Gasteiger partial charge on any atom is -0.437 e. The van der Waals surface area contributed by atoms with Crippen molar-refractivity contribution in [3.63, 3.8) is 0 Å². The quantitative estimate of drug-likeness (QED) is 0.268. The molecular formula is C30H29N2O+. The van der Waals surface area contributed by atoms with Crippen LogP contribution in [0.25, 0.3) is 44.5 Å². The molecule has 0 aliphatic heterocycles. The van der Waals surface area contributed by atoms with E-state index >= 15 is 0 Å². The molecule has 0 saturated carbocycles. The van der Waals surface area contributed by atoms with Gasteiger partial charge in [0.05, 0.1) is 10.9 Å². The maximum atomic E-state index is 8.73. The summed E-state index contributed by atoms with van der Waals surface area (Å²) in [7, 11) is 1.66. The second kappa shape index (κ2) is 6.77. The smallest absolute Gasteiger partial charge is 0.227 e.